The van der Waals surface area contributed by atoms with Gasteiger partial charge in [-0.2, -0.15) is 0 Å². The molecule has 2 aromatic heterocycles. The Morgan fingerprint density at radius 3 is 2.76 bits per heavy atom. The lowest BCUT2D eigenvalue weighted by atomic mass is 10.0. The Kier molecular flexibility index (Phi) is 4.88. The topological polar surface area (TPSA) is 41.1 Å². The number of nitrogens with zero attached hydrogens (tertiary/aromatic N) is 3. The molecule has 0 radical (unpaired) electrons. The van der Waals surface area contributed by atoms with Gasteiger partial charge in [0.25, 0.3) is 0 Å². The molecule has 5 heteroatoms. The molecule has 0 saturated carbocycles. The summed E-state index contributed by atoms with van der Waals surface area (Å²) in [5, 5.41) is 4.61. The normalized spacial score (nSPS) is 18.4. The number of thiazole rings is 1. The number of rotatable bonds is 4. The lowest BCUT2D eigenvalue weighted by Gasteiger charge is -2.36. The van der Waals surface area contributed by atoms with Crippen LogP contribution in [0, 0.1) is 6.92 Å². The third kappa shape index (κ3) is 3.79. The van der Waals surface area contributed by atoms with Gasteiger partial charge in [0.05, 0.1) is 0 Å². The Bertz CT molecular complexity index is 813. The van der Waals surface area contributed by atoms with E-state index in [1.807, 2.05) is 18.6 Å². The van der Waals surface area contributed by atoms with Gasteiger partial charge < -0.3 is 5.32 Å². The van der Waals surface area contributed by atoms with Crippen LogP contribution < -0.4 is 5.32 Å². The molecule has 1 aliphatic rings. The Hall–Kier alpha value is -2.08. The second-order valence-electron chi connectivity index (χ2n) is 6.47. The summed E-state index contributed by atoms with van der Waals surface area (Å²) in [6.45, 7) is 6.11. The van der Waals surface area contributed by atoms with Crippen molar-refractivity contribution in [1.29, 1.82) is 0 Å². The van der Waals surface area contributed by atoms with E-state index in [4.69, 9.17) is 0 Å². The predicted octanol–water partition coefficient (Wildman–Crippen LogP) is 3.66. The number of aryl methyl sites for hydroxylation is 1. The number of benzene rings is 1. The molecule has 0 amide bonds. The lowest BCUT2D eigenvalue weighted by Crippen LogP contribution is -2.45. The van der Waals surface area contributed by atoms with Gasteiger partial charge in [-0.1, -0.05) is 29.8 Å². The summed E-state index contributed by atoms with van der Waals surface area (Å²) in [4.78, 5) is 12.6. The molecule has 0 bridgehead atoms. The molecule has 1 unspecified atom stereocenters. The van der Waals surface area contributed by atoms with Crippen molar-refractivity contribution in [3.05, 3.63) is 71.0 Å². The summed E-state index contributed by atoms with van der Waals surface area (Å²) in [6, 6.07) is 13.2. The zero-order valence-corrected chi connectivity index (χ0v) is 15.2. The summed E-state index contributed by atoms with van der Waals surface area (Å²) in [6.07, 6.45) is 5.79. The minimum Gasteiger partial charge on any atom is -0.314 e. The van der Waals surface area contributed by atoms with Crippen LogP contribution in [0.2, 0.25) is 0 Å². The van der Waals surface area contributed by atoms with E-state index < -0.39 is 0 Å². The Labute approximate surface area is 152 Å². The van der Waals surface area contributed by atoms with Gasteiger partial charge in [0.1, 0.15) is 5.01 Å². The SMILES string of the molecule is Cc1ccc(-c2ncc(CN3CCNCC3c3ccncc3)s2)cc1. The fraction of sp³-hybridized carbons (Fsp3) is 0.300. The van der Waals surface area contributed by atoms with Crippen molar-refractivity contribution in [2.45, 2.75) is 19.5 Å². The van der Waals surface area contributed by atoms with E-state index in [2.05, 4.69) is 63.5 Å². The number of pyridine rings is 1. The summed E-state index contributed by atoms with van der Waals surface area (Å²) < 4.78 is 0. The van der Waals surface area contributed by atoms with Crippen LogP contribution >= 0.6 is 11.3 Å². The minimum atomic E-state index is 0.390. The van der Waals surface area contributed by atoms with Crippen molar-refractivity contribution in [2.24, 2.45) is 0 Å². The molecule has 25 heavy (non-hydrogen) atoms. The van der Waals surface area contributed by atoms with Crippen LogP contribution in [0.3, 0.4) is 0 Å². The smallest absolute Gasteiger partial charge is 0.123 e. The average Bonchev–Trinajstić information content (AvgIpc) is 3.12. The fourth-order valence-corrected chi connectivity index (χ4v) is 4.20. The molecule has 3 heterocycles. The van der Waals surface area contributed by atoms with Crippen LogP contribution in [-0.2, 0) is 6.54 Å². The molecule has 4 rings (SSSR count). The number of piperazine rings is 1. The maximum atomic E-state index is 4.65. The monoisotopic (exact) mass is 350 g/mol. The molecule has 4 nitrogen and oxygen atoms in total. The van der Waals surface area contributed by atoms with Crippen molar-refractivity contribution in [2.75, 3.05) is 19.6 Å². The number of aromatic nitrogens is 2. The first-order valence-corrected chi connectivity index (χ1v) is 9.48. The zero-order valence-electron chi connectivity index (χ0n) is 14.4. The van der Waals surface area contributed by atoms with E-state index in [-0.39, 0.29) is 0 Å². The first-order chi connectivity index (χ1) is 12.3. The molecule has 1 N–H and O–H groups in total. The molecular formula is C20H22N4S. The second kappa shape index (κ2) is 7.44. The highest BCUT2D eigenvalue weighted by molar-refractivity contribution is 7.15. The van der Waals surface area contributed by atoms with E-state index in [0.717, 1.165) is 31.2 Å². The van der Waals surface area contributed by atoms with Gasteiger partial charge in [-0.25, -0.2) is 4.98 Å². The highest BCUT2D eigenvalue weighted by Crippen LogP contribution is 2.29. The van der Waals surface area contributed by atoms with Gasteiger partial charge >= 0.3 is 0 Å². The molecule has 1 fully saturated rings. The van der Waals surface area contributed by atoms with Crippen molar-refractivity contribution in [3.63, 3.8) is 0 Å². The third-order valence-corrected chi connectivity index (χ3v) is 5.69. The van der Waals surface area contributed by atoms with Crippen molar-refractivity contribution in [3.8, 4) is 10.6 Å². The average molecular weight is 350 g/mol. The quantitative estimate of drug-likeness (QED) is 0.780. The fourth-order valence-electron chi connectivity index (χ4n) is 3.26. The largest absolute Gasteiger partial charge is 0.314 e. The van der Waals surface area contributed by atoms with Crippen LogP contribution in [0.15, 0.2) is 55.0 Å². The van der Waals surface area contributed by atoms with Gasteiger partial charge in [0.2, 0.25) is 0 Å². The first-order valence-electron chi connectivity index (χ1n) is 8.66. The lowest BCUT2D eigenvalue weighted by molar-refractivity contribution is 0.155. The number of hydrogen-bond donors (Lipinski definition) is 1. The Morgan fingerprint density at radius 1 is 1.16 bits per heavy atom. The molecule has 0 spiro atoms. The molecular weight excluding hydrogens is 328 g/mol. The highest BCUT2D eigenvalue weighted by atomic mass is 32.1. The summed E-state index contributed by atoms with van der Waals surface area (Å²) in [5.74, 6) is 0. The molecule has 1 aliphatic heterocycles. The molecule has 128 valence electrons. The van der Waals surface area contributed by atoms with Crippen LogP contribution in [0.25, 0.3) is 10.6 Å². The van der Waals surface area contributed by atoms with Gasteiger partial charge in [0.15, 0.2) is 0 Å². The standard InChI is InChI=1S/C20H22N4S/c1-15-2-4-17(5-3-15)20-23-12-18(25-20)14-24-11-10-22-13-19(24)16-6-8-21-9-7-16/h2-9,12,19,22H,10-11,13-14H2,1H3. The maximum Gasteiger partial charge on any atom is 0.123 e. The van der Waals surface area contributed by atoms with Crippen LogP contribution in [0.4, 0.5) is 0 Å². The predicted molar refractivity (Wildman–Crippen MR) is 103 cm³/mol. The van der Waals surface area contributed by atoms with E-state index in [9.17, 15) is 0 Å². The van der Waals surface area contributed by atoms with Crippen LogP contribution in [0.1, 0.15) is 22.0 Å². The number of nitrogens with one attached hydrogen (secondary N) is 1. The highest BCUT2D eigenvalue weighted by Gasteiger charge is 2.24. The summed E-state index contributed by atoms with van der Waals surface area (Å²) in [7, 11) is 0. The van der Waals surface area contributed by atoms with E-state index in [1.54, 1.807) is 11.3 Å². The van der Waals surface area contributed by atoms with Gasteiger partial charge in [-0.15, -0.1) is 11.3 Å². The van der Waals surface area contributed by atoms with Crippen molar-refractivity contribution >= 4 is 11.3 Å². The summed E-state index contributed by atoms with van der Waals surface area (Å²) >= 11 is 1.80. The molecule has 3 aromatic rings. The Balaban J connectivity index is 1.51. The van der Waals surface area contributed by atoms with Gasteiger partial charge in [-0.05, 0) is 24.6 Å². The number of hydrogen-bond acceptors (Lipinski definition) is 5. The third-order valence-electron chi connectivity index (χ3n) is 4.66. The minimum absolute atomic E-state index is 0.390. The Morgan fingerprint density at radius 2 is 1.96 bits per heavy atom. The van der Waals surface area contributed by atoms with E-state index in [1.165, 1.54) is 21.6 Å². The molecule has 1 atom stereocenters. The van der Waals surface area contributed by atoms with Crippen molar-refractivity contribution < 1.29 is 0 Å². The van der Waals surface area contributed by atoms with E-state index in [0.29, 0.717) is 6.04 Å². The molecule has 1 saturated heterocycles. The maximum absolute atomic E-state index is 4.65. The van der Waals surface area contributed by atoms with Crippen molar-refractivity contribution in [1.82, 2.24) is 20.2 Å². The van der Waals surface area contributed by atoms with Gasteiger partial charge in [0, 0.05) is 61.3 Å². The first kappa shape index (κ1) is 16.4. The summed E-state index contributed by atoms with van der Waals surface area (Å²) in [5.41, 5.74) is 3.81. The second-order valence-corrected chi connectivity index (χ2v) is 7.58. The molecule has 1 aromatic carbocycles. The van der Waals surface area contributed by atoms with E-state index >= 15 is 0 Å². The van der Waals surface area contributed by atoms with Gasteiger partial charge in [-0.3, -0.25) is 9.88 Å². The zero-order chi connectivity index (χ0) is 17.1. The van der Waals surface area contributed by atoms with Crippen LogP contribution in [0.5, 0.6) is 0 Å². The van der Waals surface area contributed by atoms with Crippen LogP contribution in [-0.4, -0.2) is 34.5 Å². The molecule has 0 aliphatic carbocycles.